The lowest BCUT2D eigenvalue weighted by Crippen LogP contribution is -2.24. The fraction of sp³-hybridized carbons (Fsp3) is 0.333. The molecule has 6 N–H and O–H groups in total. The Bertz CT molecular complexity index is 349. The van der Waals surface area contributed by atoms with E-state index in [2.05, 4.69) is 0 Å². The zero-order chi connectivity index (χ0) is 11.6. The van der Waals surface area contributed by atoms with Crippen molar-refractivity contribution >= 4 is 5.69 Å². The number of hydrogen-bond donors (Lipinski definition) is 3. The van der Waals surface area contributed by atoms with Gasteiger partial charge in [0, 0.05) is 18.3 Å². The van der Waals surface area contributed by atoms with Gasteiger partial charge in [0.05, 0.1) is 5.56 Å². The van der Waals surface area contributed by atoms with Crippen LogP contribution in [0.1, 0.15) is 17.2 Å². The summed E-state index contributed by atoms with van der Waals surface area (Å²) in [5, 5.41) is 0. The van der Waals surface area contributed by atoms with Crippen molar-refractivity contribution in [1.82, 2.24) is 0 Å². The van der Waals surface area contributed by atoms with E-state index in [1.54, 1.807) is 0 Å². The molecule has 6 heteroatoms. The number of anilines is 1. The molecule has 0 heterocycles. The SMILES string of the molecule is NC[C@@H](N)c1ccc(N)cc1C(F)(F)F. The molecule has 0 bridgehead atoms. The van der Waals surface area contributed by atoms with Crippen molar-refractivity contribution in [2.75, 3.05) is 12.3 Å². The number of nitrogen functional groups attached to an aromatic ring is 1. The first kappa shape index (κ1) is 11.8. The molecule has 0 aliphatic heterocycles. The molecular weight excluding hydrogens is 207 g/mol. The summed E-state index contributed by atoms with van der Waals surface area (Å²) < 4.78 is 37.7. The molecule has 0 saturated carbocycles. The van der Waals surface area contributed by atoms with E-state index in [1.165, 1.54) is 12.1 Å². The molecule has 15 heavy (non-hydrogen) atoms. The van der Waals surface area contributed by atoms with E-state index >= 15 is 0 Å². The van der Waals surface area contributed by atoms with Gasteiger partial charge in [0.2, 0.25) is 0 Å². The largest absolute Gasteiger partial charge is 0.416 e. The van der Waals surface area contributed by atoms with Crippen LogP contribution in [0, 0.1) is 0 Å². The Labute approximate surface area is 85.0 Å². The van der Waals surface area contributed by atoms with E-state index < -0.39 is 17.8 Å². The first-order chi connectivity index (χ1) is 6.86. The summed E-state index contributed by atoms with van der Waals surface area (Å²) in [7, 11) is 0. The zero-order valence-electron chi connectivity index (χ0n) is 7.88. The van der Waals surface area contributed by atoms with Crippen molar-refractivity contribution in [1.29, 1.82) is 0 Å². The third kappa shape index (κ3) is 2.60. The molecule has 0 fully saturated rings. The molecule has 0 amide bonds. The van der Waals surface area contributed by atoms with E-state index in [1.807, 2.05) is 0 Å². The molecule has 1 rings (SSSR count). The molecule has 1 aromatic rings. The molecule has 0 aliphatic rings. The van der Waals surface area contributed by atoms with Crippen LogP contribution >= 0.6 is 0 Å². The molecular formula is C9H12F3N3. The number of rotatable bonds is 2. The van der Waals surface area contributed by atoms with Gasteiger partial charge in [-0.05, 0) is 17.7 Å². The lowest BCUT2D eigenvalue weighted by atomic mass is 10.00. The Morgan fingerprint density at radius 2 is 1.87 bits per heavy atom. The van der Waals surface area contributed by atoms with Crippen LogP contribution in [-0.4, -0.2) is 6.54 Å². The second-order valence-corrected chi connectivity index (χ2v) is 3.19. The Kier molecular flexibility index (Phi) is 3.21. The van der Waals surface area contributed by atoms with Crippen LogP contribution in [0.25, 0.3) is 0 Å². The second-order valence-electron chi connectivity index (χ2n) is 3.19. The van der Waals surface area contributed by atoms with Gasteiger partial charge in [-0.1, -0.05) is 6.07 Å². The van der Waals surface area contributed by atoms with E-state index in [9.17, 15) is 13.2 Å². The quantitative estimate of drug-likeness (QED) is 0.655. The van der Waals surface area contributed by atoms with Gasteiger partial charge in [-0.3, -0.25) is 0 Å². The van der Waals surface area contributed by atoms with Crippen LogP contribution in [0.4, 0.5) is 18.9 Å². The van der Waals surface area contributed by atoms with Gasteiger partial charge in [-0.25, -0.2) is 0 Å². The highest BCUT2D eigenvalue weighted by Gasteiger charge is 2.34. The second kappa shape index (κ2) is 4.08. The molecule has 3 nitrogen and oxygen atoms in total. The van der Waals surface area contributed by atoms with Crippen LogP contribution in [0.2, 0.25) is 0 Å². The maximum Gasteiger partial charge on any atom is 0.416 e. The fourth-order valence-electron chi connectivity index (χ4n) is 1.27. The summed E-state index contributed by atoms with van der Waals surface area (Å²) in [4.78, 5) is 0. The molecule has 1 atom stereocenters. The Morgan fingerprint density at radius 3 is 2.33 bits per heavy atom. The number of benzene rings is 1. The van der Waals surface area contributed by atoms with Crippen LogP contribution in [0.5, 0.6) is 0 Å². The highest BCUT2D eigenvalue weighted by molar-refractivity contribution is 5.47. The van der Waals surface area contributed by atoms with Crippen LogP contribution in [0.15, 0.2) is 18.2 Å². The van der Waals surface area contributed by atoms with Gasteiger partial charge in [-0.2, -0.15) is 13.2 Å². The third-order valence-corrected chi connectivity index (χ3v) is 2.04. The monoisotopic (exact) mass is 219 g/mol. The molecule has 0 spiro atoms. The van der Waals surface area contributed by atoms with Crippen LogP contribution < -0.4 is 17.2 Å². The number of nitrogens with two attached hydrogens (primary N) is 3. The maximum atomic E-state index is 12.6. The zero-order valence-corrected chi connectivity index (χ0v) is 7.88. The van der Waals surface area contributed by atoms with E-state index in [0.717, 1.165) is 6.07 Å². The number of hydrogen-bond acceptors (Lipinski definition) is 3. The summed E-state index contributed by atoms with van der Waals surface area (Å²) >= 11 is 0. The van der Waals surface area contributed by atoms with Crippen molar-refractivity contribution in [2.45, 2.75) is 12.2 Å². The smallest absolute Gasteiger partial charge is 0.399 e. The highest BCUT2D eigenvalue weighted by atomic mass is 19.4. The van der Waals surface area contributed by atoms with Gasteiger partial charge >= 0.3 is 6.18 Å². The fourth-order valence-corrected chi connectivity index (χ4v) is 1.27. The first-order valence-corrected chi connectivity index (χ1v) is 4.28. The van der Waals surface area contributed by atoms with Crippen LogP contribution in [-0.2, 0) is 6.18 Å². The van der Waals surface area contributed by atoms with E-state index in [0.29, 0.717) is 0 Å². The van der Waals surface area contributed by atoms with Crippen molar-refractivity contribution in [3.63, 3.8) is 0 Å². The summed E-state index contributed by atoms with van der Waals surface area (Å²) in [6.07, 6.45) is -4.46. The van der Waals surface area contributed by atoms with E-state index in [4.69, 9.17) is 17.2 Å². The minimum Gasteiger partial charge on any atom is -0.399 e. The first-order valence-electron chi connectivity index (χ1n) is 4.28. The number of halogens is 3. The van der Waals surface area contributed by atoms with E-state index in [-0.39, 0.29) is 17.8 Å². The lowest BCUT2D eigenvalue weighted by Gasteiger charge is -2.17. The van der Waals surface area contributed by atoms with Gasteiger partial charge < -0.3 is 17.2 Å². The summed E-state index contributed by atoms with van der Waals surface area (Å²) in [5.41, 5.74) is 15.2. The number of alkyl halides is 3. The summed E-state index contributed by atoms with van der Waals surface area (Å²) in [6, 6.07) is 2.67. The minimum atomic E-state index is -4.46. The Morgan fingerprint density at radius 1 is 1.27 bits per heavy atom. The topological polar surface area (TPSA) is 78.1 Å². The van der Waals surface area contributed by atoms with Gasteiger partial charge in [0.15, 0.2) is 0 Å². The van der Waals surface area contributed by atoms with Crippen LogP contribution in [0.3, 0.4) is 0 Å². The highest BCUT2D eigenvalue weighted by Crippen LogP contribution is 2.35. The normalized spacial score (nSPS) is 13.9. The molecule has 0 aliphatic carbocycles. The Hall–Kier alpha value is -1.27. The molecule has 0 unspecified atom stereocenters. The minimum absolute atomic E-state index is 0.0285. The lowest BCUT2D eigenvalue weighted by molar-refractivity contribution is -0.138. The average molecular weight is 219 g/mol. The van der Waals surface area contributed by atoms with Crippen molar-refractivity contribution in [3.05, 3.63) is 29.3 Å². The molecule has 0 saturated heterocycles. The predicted octanol–water partition coefficient (Wildman–Crippen LogP) is 1.25. The molecule has 0 radical (unpaired) electrons. The standard InChI is InChI=1S/C9H12F3N3/c10-9(11,12)7-3-5(14)1-2-6(7)8(15)4-13/h1-3,8H,4,13-15H2/t8-/m1/s1. The third-order valence-electron chi connectivity index (χ3n) is 2.04. The summed E-state index contributed by atoms with van der Waals surface area (Å²) in [5.74, 6) is 0. The van der Waals surface area contributed by atoms with Gasteiger partial charge in [-0.15, -0.1) is 0 Å². The van der Waals surface area contributed by atoms with Crippen molar-refractivity contribution < 1.29 is 13.2 Å². The van der Waals surface area contributed by atoms with Crippen molar-refractivity contribution in [2.24, 2.45) is 11.5 Å². The van der Waals surface area contributed by atoms with Gasteiger partial charge in [0.1, 0.15) is 0 Å². The predicted molar refractivity (Wildman–Crippen MR) is 51.8 cm³/mol. The molecule has 84 valence electrons. The van der Waals surface area contributed by atoms with Crippen molar-refractivity contribution in [3.8, 4) is 0 Å². The summed E-state index contributed by atoms with van der Waals surface area (Å²) in [6.45, 7) is -0.0486. The Balaban J connectivity index is 3.27. The average Bonchev–Trinajstić information content (AvgIpc) is 2.15. The molecule has 0 aromatic heterocycles. The maximum absolute atomic E-state index is 12.6. The molecule has 1 aromatic carbocycles. The van der Waals surface area contributed by atoms with Gasteiger partial charge in [0.25, 0.3) is 0 Å².